The van der Waals surface area contributed by atoms with E-state index in [1.54, 1.807) is 13.0 Å². The molecule has 10 heteroatoms. The van der Waals surface area contributed by atoms with Crippen LogP contribution in [0.5, 0.6) is 5.75 Å². The Kier molecular flexibility index (Phi) is 13.6. The Balaban J connectivity index is 0. The van der Waals surface area contributed by atoms with Gasteiger partial charge < -0.3 is 5.11 Å². The van der Waals surface area contributed by atoms with Crippen molar-refractivity contribution < 1.29 is 35.6 Å². The zero-order valence-corrected chi connectivity index (χ0v) is 16.3. The summed E-state index contributed by atoms with van der Waals surface area (Å²) in [7, 11) is -8.46. The van der Waals surface area contributed by atoms with Crippen LogP contribution >= 0.6 is 0 Å². The van der Waals surface area contributed by atoms with Crippen LogP contribution in [0.3, 0.4) is 0 Å². The summed E-state index contributed by atoms with van der Waals surface area (Å²) in [6.07, 6.45) is 4.78. The molecule has 0 aromatic heterocycles. The fourth-order valence-electron chi connectivity index (χ4n) is 1.57. The molecular formula is C15H28O8S2. The summed E-state index contributed by atoms with van der Waals surface area (Å²) in [6, 6.07) is 7.25. The van der Waals surface area contributed by atoms with E-state index in [9.17, 15) is 8.42 Å². The van der Waals surface area contributed by atoms with Crippen LogP contribution in [0.1, 0.15) is 51.5 Å². The van der Waals surface area contributed by atoms with Crippen molar-refractivity contribution in [3.05, 3.63) is 29.8 Å². The molecule has 25 heavy (non-hydrogen) atoms. The molecule has 1 atom stereocenters. The number of aromatic hydroxyl groups is 1. The summed E-state index contributed by atoms with van der Waals surface area (Å²) in [6.45, 7) is 5.52. The Morgan fingerprint density at radius 2 is 1.44 bits per heavy atom. The number of hydrogen-bond donors (Lipinski definition) is 4. The van der Waals surface area contributed by atoms with Gasteiger partial charge in [0.25, 0.3) is 10.1 Å². The minimum absolute atomic E-state index is 0.368. The topological polar surface area (TPSA) is 149 Å². The molecule has 0 saturated carbocycles. The molecule has 148 valence electrons. The van der Waals surface area contributed by atoms with E-state index in [-0.39, 0.29) is 0 Å². The molecule has 1 unspecified atom stereocenters. The van der Waals surface area contributed by atoms with Gasteiger partial charge in [-0.05, 0) is 31.9 Å². The van der Waals surface area contributed by atoms with Gasteiger partial charge in [-0.3, -0.25) is 13.7 Å². The maximum absolute atomic E-state index is 10.6. The lowest BCUT2D eigenvalue weighted by molar-refractivity contribution is 0.381. The van der Waals surface area contributed by atoms with Crippen LogP contribution in [-0.2, 0) is 20.5 Å². The van der Waals surface area contributed by atoms with Gasteiger partial charge in [0.05, 0.1) is 5.25 Å². The number of para-hydroxylation sites is 1. The van der Waals surface area contributed by atoms with Crippen molar-refractivity contribution in [2.45, 2.75) is 58.1 Å². The molecule has 0 radical (unpaired) electrons. The second-order valence-corrected chi connectivity index (χ2v) is 8.14. The van der Waals surface area contributed by atoms with Crippen LogP contribution in [0.15, 0.2) is 24.3 Å². The van der Waals surface area contributed by atoms with E-state index in [0.717, 1.165) is 31.2 Å². The predicted molar refractivity (Wildman–Crippen MR) is 96.8 cm³/mol. The lowest BCUT2D eigenvalue weighted by Crippen LogP contribution is -2.15. The SMILES string of the molecule is CCCCCCC(C)S(=O)(=O)O.Cc1ccccc1O.O=S(=O)(O)O. The Morgan fingerprint density at radius 3 is 1.76 bits per heavy atom. The average molecular weight is 401 g/mol. The fourth-order valence-corrected chi connectivity index (χ4v) is 2.04. The van der Waals surface area contributed by atoms with E-state index in [1.807, 2.05) is 25.1 Å². The maximum atomic E-state index is 10.6. The highest BCUT2D eigenvalue weighted by Crippen LogP contribution is 2.12. The number of unbranched alkanes of at least 4 members (excludes halogenated alkanes) is 3. The summed E-state index contributed by atoms with van der Waals surface area (Å²) in [4.78, 5) is 0. The zero-order chi connectivity index (χ0) is 20.1. The fraction of sp³-hybridized carbons (Fsp3) is 0.600. The number of phenolic OH excluding ortho intramolecular Hbond substituents is 1. The summed E-state index contributed by atoms with van der Waals surface area (Å²) in [5.74, 6) is 0.368. The first kappa shape index (κ1) is 26.0. The molecule has 1 aromatic rings. The highest BCUT2D eigenvalue weighted by atomic mass is 32.3. The van der Waals surface area contributed by atoms with Crippen molar-refractivity contribution in [1.29, 1.82) is 0 Å². The molecule has 1 rings (SSSR count). The van der Waals surface area contributed by atoms with E-state index >= 15 is 0 Å². The summed E-state index contributed by atoms with van der Waals surface area (Å²) in [5, 5.41) is 8.32. The van der Waals surface area contributed by atoms with Gasteiger partial charge in [0.2, 0.25) is 0 Å². The van der Waals surface area contributed by atoms with E-state index in [2.05, 4.69) is 6.92 Å². The van der Waals surface area contributed by atoms with Crippen molar-refractivity contribution in [2.75, 3.05) is 0 Å². The van der Waals surface area contributed by atoms with Crippen molar-refractivity contribution >= 4 is 20.5 Å². The molecule has 0 aliphatic heterocycles. The monoisotopic (exact) mass is 400 g/mol. The van der Waals surface area contributed by atoms with Gasteiger partial charge in [-0.25, -0.2) is 0 Å². The molecule has 0 saturated heterocycles. The standard InChI is InChI=1S/C8H18O3S.C7H8O.H2O4S/c1-3-4-5-6-7-8(2)12(9,10)11;1-6-4-2-3-5-7(6)8;1-5(2,3)4/h8H,3-7H2,1-2H3,(H,9,10,11);2-5,8H,1H3;(H2,1,2,3,4). The Morgan fingerprint density at radius 1 is 0.960 bits per heavy atom. The lowest BCUT2D eigenvalue weighted by Gasteiger charge is -2.06. The van der Waals surface area contributed by atoms with Gasteiger partial charge in [0, 0.05) is 0 Å². The highest BCUT2D eigenvalue weighted by Gasteiger charge is 2.15. The van der Waals surface area contributed by atoms with Crippen molar-refractivity contribution in [3.63, 3.8) is 0 Å². The van der Waals surface area contributed by atoms with E-state index in [4.69, 9.17) is 27.2 Å². The maximum Gasteiger partial charge on any atom is 0.394 e. The molecule has 0 aliphatic rings. The Labute approximate surface area is 150 Å². The van der Waals surface area contributed by atoms with Crippen LogP contribution in [0, 0.1) is 6.92 Å². The number of benzene rings is 1. The molecule has 0 bridgehead atoms. The summed E-state index contributed by atoms with van der Waals surface area (Å²) in [5.41, 5.74) is 0.924. The second-order valence-electron chi connectivity index (χ2n) is 5.41. The van der Waals surface area contributed by atoms with Crippen LogP contribution < -0.4 is 0 Å². The van der Waals surface area contributed by atoms with Crippen LogP contribution in [0.2, 0.25) is 0 Å². The zero-order valence-electron chi connectivity index (χ0n) is 14.7. The minimum atomic E-state index is -4.67. The van der Waals surface area contributed by atoms with E-state index in [1.165, 1.54) is 0 Å². The van der Waals surface area contributed by atoms with Crippen LogP contribution in [0.4, 0.5) is 0 Å². The molecule has 0 spiro atoms. The quantitative estimate of drug-likeness (QED) is 0.420. The largest absolute Gasteiger partial charge is 0.508 e. The lowest BCUT2D eigenvalue weighted by atomic mass is 10.1. The van der Waals surface area contributed by atoms with Crippen molar-refractivity contribution in [3.8, 4) is 5.75 Å². The number of phenols is 1. The smallest absolute Gasteiger partial charge is 0.394 e. The average Bonchev–Trinajstić information content (AvgIpc) is 2.44. The third-order valence-electron chi connectivity index (χ3n) is 3.09. The van der Waals surface area contributed by atoms with Crippen molar-refractivity contribution in [2.24, 2.45) is 0 Å². The summed E-state index contributed by atoms with van der Waals surface area (Å²) < 4.78 is 61.3. The molecule has 4 N–H and O–H groups in total. The van der Waals surface area contributed by atoms with Crippen LogP contribution in [0.25, 0.3) is 0 Å². The first-order valence-electron chi connectivity index (χ1n) is 7.69. The molecule has 8 nitrogen and oxygen atoms in total. The molecule has 0 amide bonds. The number of aryl methyl sites for hydroxylation is 1. The number of hydrogen-bond acceptors (Lipinski definition) is 5. The molecule has 0 heterocycles. The third kappa shape index (κ3) is 20.8. The Bertz CT molecular complexity index is 640. The molecule has 0 fully saturated rings. The van der Waals surface area contributed by atoms with E-state index < -0.39 is 25.8 Å². The third-order valence-corrected chi connectivity index (χ3v) is 4.34. The molecule has 1 aromatic carbocycles. The number of rotatable bonds is 6. The van der Waals surface area contributed by atoms with Gasteiger partial charge in [0.1, 0.15) is 5.75 Å². The highest BCUT2D eigenvalue weighted by molar-refractivity contribution is 7.86. The van der Waals surface area contributed by atoms with Gasteiger partial charge in [-0.1, -0.05) is 50.8 Å². The van der Waals surface area contributed by atoms with Gasteiger partial charge in [-0.15, -0.1) is 0 Å². The first-order chi connectivity index (χ1) is 11.3. The normalized spacial score (nSPS) is 12.2. The van der Waals surface area contributed by atoms with Crippen molar-refractivity contribution in [1.82, 2.24) is 0 Å². The molecular weight excluding hydrogens is 372 g/mol. The minimum Gasteiger partial charge on any atom is -0.508 e. The predicted octanol–water partition coefficient (Wildman–Crippen LogP) is 3.28. The van der Waals surface area contributed by atoms with Gasteiger partial charge >= 0.3 is 10.4 Å². The first-order valence-corrected chi connectivity index (χ1v) is 10.6. The second kappa shape index (κ2) is 13.1. The van der Waals surface area contributed by atoms with E-state index in [0.29, 0.717) is 12.2 Å². The molecule has 0 aliphatic carbocycles. The van der Waals surface area contributed by atoms with Gasteiger partial charge in [0.15, 0.2) is 0 Å². The summed E-state index contributed by atoms with van der Waals surface area (Å²) >= 11 is 0. The van der Waals surface area contributed by atoms with Crippen LogP contribution in [-0.4, -0.2) is 40.9 Å². The van der Waals surface area contributed by atoms with Gasteiger partial charge in [-0.2, -0.15) is 16.8 Å². The Hall–Kier alpha value is -1.20.